The monoisotopic (exact) mass is 296 g/mol. The third-order valence-corrected chi connectivity index (χ3v) is 6.05. The van der Waals surface area contributed by atoms with E-state index in [-0.39, 0.29) is 6.04 Å². The molecule has 1 aromatic carbocycles. The Kier molecular flexibility index (Phi) is 4.83. The first-order chi connectivity index (χ1) is 9.46. The molecule has 4 nitrogen and oxygen atoms in total. The topological polar surface area (TPSA) is 49.4 Å². The molecule has 0 bridgehead atoms. The Morgan fingerprint density at radius 3 is 2.65 bits per heavy atom. The van der Waals surface area contributed by atoms with Gasteiger partial charge in [-0.05, 0) is 57.0 Å². The number of sulfonamides is 1. The first-order valence-corrected chi connectivity index (χ1v) is 8.64. The maximum Gasteiger partial charge on any atom is 0.243 e. The van der Waals surface area contributed by atoms with Gasteiger partial charge in [-0.1, -0.05) is 12.5 Å². The molecule has 1 heterocycles. The second-order valence-electron chi connectivity index (χ2n) is 5.57. The SMILES string of the molecule is CNCC1CCCCN1S(=O)(=O)c1ccc(C)c(C)c1. The molecule has 112 valence electrons. The lowest BCUT2D eigenvalue weighted by Gasteiger charge is -2.34. The van der Waals surface area contributed by atoms with E-state index in [1.165, 1.54) is 0 Å². The van der Waals surface area contributed by atoms with Crippen molar-refractivity contribution in [1.29, 1.82) is 0 Å². The molecule has 20 heavy (non-hydrogen) atoms. The molecule has 1 aliphatic rings. The second kappa shape index (κ2) is 6.24. The first kappa shape index (κ1) is 15.5. The molecule has 0 aliphatic carbocycles. The lowest BCUT2D eigenvalue weighted by molar-refractivity contribution is 0.249. The maximum atomic E-state index is 12.8. The Bertz CT molecular complexity index is 567. The summed E-state index contributed by atoms with van der Waals surface area (Å²) in [6.45, 7) is 5.29. The molecule has 1 aromatic rings. The molecule has 5 heteroatoms. The fourth-order valence-corrected chi connectivity index (χ4v) is 4.52. The van der Waals surface area contributed by atoms with Gasteiger partial charge < -0.3 is 5.32 Å². The smallest absolute Gasteiger partial charge is 0.243 e. The Balaban J connectivity index is 2.34. The van der Waals surface area contributed by atoms with Crippen molar-refractivity contribution >= 4 is 10.0 Å². The number of rotatable bonds is 4. The largest absolute Gasteiger partial charge is 0.318 e. The van der Waals surface area contributed by atoms with E-state index in [1.54, 1.807) is 16.4 Å². The molecule has 0 aromatic heterocycles. The molecular weight excluding hydrogens is 272 g/mol. The number of benzene rings is 1. The number of hydrogen-bond donors (Lipinski definition) is 1. The average Bonchev–Trinajstić information content (AvgIpc) is 2.42. The van der Waals surface area contributed by atoms with Crippen LogP contribution in [-0.4, -0.2) is 38.9 Å². The lowest BCUT2D eigenvalue weighted by atomic mass is 10.1. The number of nitrogens with zero attached hydrogens (tertiary/aromatic N) is 1. The molecule has 1 atom stereocenters. The minimum atomic E-state index is -3.38. The summed E-state index contributed by atoms with van der Waals surface area (Å²) >= 11 is 0. The van der Waals surface area contributed by atoms with Gasteiger partial charge in [0.1, 0.15) is 0 Å². The predicted octanol–water partition coefficient (Wildman–Crippen LogP) is 2.07. The van der Waals surface area contributed by atoms with E-state index in [1.807, 2.05) is 27.0 Å². The number of nitrogens with one attached hydrogen (secondary N) is 1. The Labute approximate surface area is 122 Å². The Morgan fingerprint density at radius 1 is 1.25 bits per heavy atom. The first-order valence-electron chi connectivity index (χ1n) is 7.20. The van der Waals surface area contributed by atoms with Crippen LogP contribution in [0.4, 0.5) is 0 Å². The van der Waals surface area contributed by atoms with E-state index in [2.05, 4.69) is 5.32 Å². The van der Waals surface area contributed by atoms with Gasteiger partial charge in [0.2, 0.25) is 10.0 Å². The Hall–Kier alpha value is -0.910. The quantitative estimate of drug-likeness (QED) is 0.925. The zero-order valence-corrected chi connectivity index (χ0v) is 13.3. The van der Waals surface area contributed by atoms with Crippen LogP contribution in [0.25, 0.3) is 0 Å². The fourth-order valence-electron chi connectivity index (χ4n) is 2.74. The van der Waals surface area contributed by atoms with Gasteiger partial charge >= 0.3 is 0 Å². The lowest BCUT2D eigenvalue weighted by Crippen LogP contribution is -2.47. The molecule has 0 spiro atoms. The van der Waals surface area contributed by atoms with Crippen molar-refractivity contribution in [1.82, 2.24) is 9.62 Å². The zero-order valence-electron chi connectivity index (χ0n) is 12.5. The van der Waals surface area contributed by atoms with Gasteiger partial charge in [0, 0.05) is 19.1 Å². The van der Waals surface area contributed by atoms with E-state index < -0.39 is 10.0 Å². The summed E-state index contributed by atoms with van der Waals surface area (Å²) in [6.07, 6.45) is 2.99. The van der Waals surface area contributed by atoms with Crippen LogP contribution >= 0.6 is 0 Å². The van der Waals surface area contributed by atoms with Crippen molar-refractivity contribution in [3.63, 3.8) is 0 Å². The van der Waals surface area contributed by atoms with Gasteiger partial charge in [-0.25, -0.2) is 8.42 Å². The van der Waals surface area contributed by atoms with Gasteiger partial charge in [0.05, 0.1) is 4.90 Å². The zero-order chi connectivity index (χ0) is 14.8. The van der Waals surface area contributed by atoms with Crippen LogP contribution in [0.15, 0.2) is 23.1 Å². The number of likely N-dealkylation sites (N-methyl/N-ethyl adjacent to an activating group) is 1. The van der Waals surface area contributed by atoms with E-state index in [9.17, 15) is 8.42 Å². The number of aryl methyl sites for hydroxylation is 2. The van der Waals surface area contributed by atoms with E-state index in [4.69, 9.17) is 0 Å². The van der Waals surface area contributed by atoms with Gasteiger partial charge in [0.25, 0.3) is 0 Å². The summed E-state index contributed by atoms with van der Waals surface area (Å²) in [5.74, 6) is 0. The summed E-state index contributed by atoms with van der Waals surface area (Å²) in [5.41, 5.74) is 2.14. The number of piperidine rings is 1. The summed E-state index contributed by atoms with van der Waals surface area (Å²) in [6, 6.07) is 5.47. The molecule has 0 radical (unpaired) electrons. The summed E-state index contributed by atoms with van der Waals surface area (Å²) in [5, 5.41) is 3.11. The van der Waals surface area contributed by atoms with Gasteiger partial charge in [-0.2, -0.15) is 4.31 Å². The van der Waals surface area contributed by atoms with Crippen molar-refractivity contribution in [2.24, 2.45) is 0 Å². The number of hydrogen-bond acceptors (Lipinski definition) is 3. The van der Waals surface area contributed by atoms with Crippen LogP contribution in [-0.2, 0) is 10.0 Å². The van der Waals surface area contributed by atoms with Crippen LogP contribution in [0.5, 0.6) is 0 Å². The van der Waals surface area contributed by atoms with E-state index >= 15 is 0 Å². The van der Waals surface area contributed by atoms with Crippen LogP contribution in [0.2, 0.25) is 0 Å². The van der Waals surface area contributed by atoms with Crippen LogP contribution in [0.1, 0.15) is 30.4 Å². The normalized spacial score (nSPS) is 21.1. The summed E-state index contributed by atoms with van der Waals surface area (Å²) < 4.78 is 27.3. The summed E-state index contributed by atoms with van der Waals surface area (Å²) in [7, 11) is -1.51. The minimum absolute atomic E-state index is 0.0698. The van der Waals surface area contributed by atoms with Gasteiger partial charge in [-0.3, -0.25) is 0 Å². The van der Waals surface area contributed by atoms with Gasteiger partial charge in [0.15, 0.2) is 0 Å². The molecule has 1 aliphatic heterocycles. The van der Waals surface area contributed by atoms with E-state index in [0.717, 1.165) is 30.4 Å². The highest BCUT2D eigenvalue weighted by molar-refractivity contribution is 7.89. The Morgan fingerprint density at radius 2 is 2.00 bits per heavy atom. The second-order valence-corrected chi connectivity index (χ2v) is 7.46. The maximum absolute atomic E-state index is 12.8. The average molecular weight is 296 g/mol. The molecule has 1 unspecified atom stereocenters. The molecule has 1 saturated heterocycles. The van der Waals surface area contributed by atoms with Crippen LogP contribution in [0, 0.1) is 13.8 Å². The van der Waals surface area contributed by atoms with Crippen molar-refractivity contribution in [2.45, 2.75) is 44.0 Å². The van der Waals surface area contributed by atoms with E-state index in [0.29, 0.717) is 18.0 Å². The van der Waals surface area contributed by atoms with Crippen molar-refractivity contribution in [3.8, 4) is 0 Å². The highest BCUT2D eigenvalue weighted by atomic mass is 32.2. The molecule has 1 fully saturated rings. The minimum Gasteiger partial charge on any atom is -0.318 e. The molecule has 0 amide bonds. The fraction of sp³-hybridized carbons (Fsp3) is 0.600. The van der Waals surface area contributed by atoms with Crippen molar-refractivity contribution in [3.05, 3.63) is 29.3 Å². The van der Waals surface area contributed by atoms with Gasteiger partial charge in [-0.15, -0.1) is 0 Å². The highest BCUT2D eigenvalue weighted by Crippen LogP contribution is 2.26. The van der Waals surface area contributed by atoms with Crippen LogP contribution < -0.4 is 5.32 Å². The van der Waals surface area contributed by atoms with Crippen molar-refractivity contribution < 1.29 is 8.42 Å². The highest BCUT2D eigenvalue weighted by Gasteiger charge is 2.33. The van der Waals surface area contributed by atoms with Crippen molar-refractivity contribution in [2.75, 3.05) is 20.1 Å². The third-order valence-electron chi connectivity index (χ3n) is 4.10. The summed E-state index contributed by atoms with van der Waals surface area (Å²) in [4.78, 5) is 0.420. The predicted molar refractivity (Wildman–Crippen MR) is 81.4 cm³/mol. The molecule has 1 N–H and O–H groups in total. The molecular formula is C15H24N2O2S. The standard InChI is InChI=1S/C15H24N2O2S/c1-12-7-8-15(10-13(12)2)20(18,19)17-9-5-4-6-14(17)11-16-3/h7-8,10,14,16H,4-6,9,11H2,1-3H3. The van der Waals surface area contributed by atoms with Crippen LogP contribution in [0.3, 0.4) is 0 Å². The molecule has 0 saturated carbocycles. The molecule has 2 rings (SSSR count). The third kappa shape index (κ3) is 3.05.